The van der Waals surface area contributed by atoms with Gasteiger partial charge in [0.15, 0.2) is 18.9 Å². The standard InChI is InChI=1S/C12H17Cl3N4O4.C12H19N3O5.C10H17N3O4.C8H13N3O2.C6H9N3O4/c1-5-6(2)9(18-19-17)10(23-11(16)12(13,14)15)22-8(5)4-21-7(3)20;1-6-7(2)11(14-15-13)12(19-9(4)17)20-10(6)5-18-8(3)16;1-5-6(2)9(12-13-11)10(15)17-8(5)4-16-7(3)14;1-4-5(2)7(10-11-9)8-12-3-6(4)13-8;7-9-8-3-5(11)4(10)2-1-12-6(3)13-2/h5-6,8-10,16H,4H2,1-3H3;6-7,10-12H,5H2,1-4H3;5-6,8-10,15H,4H2,1-3H3;4-8H,3H2,1-2H3;2-6,10-11H,1H2/t5-,6-,8?,9?,10?;6-,7-,10?,11?,12-;5-,6-,8?,9?,10?;4-,5+,6?,7?,8+;2?,3?,4-,5+,6-/m00001/s1. The molecule has 7 rings (SSSR count). The van der Waals surface area contributed by atoms with E-state index in [1.54, 1.807) is 0 Å². The molecule has 0 radical (unpaired) electrons. The third-order valence-electron chi connectivity index (χ3n) is 15.8. The van der Waals surface area contributed by atoms with Gasteiger partial charge >= 0.3 is 23.9 Å². The van der Waals surface area contributed by atoms with E-state index in [9.17, 15) is 34.5 Å². The lowest BCUT2D eigenvalue weighted by Crippen LogP contribution is -2.52. The van der Waals surface area contributed by atoms with Crippen molar-refractivity contribution in [3.63, 3.8) is 0 Å². The molecule has 7 fully saturated rings. The zero-order valence-corrected chi connectivity index (χ0v) is 51.5. The van der Waals surface area contributed by atoms with Gasteiger partial charge in [0.25, 0.3) is 3.79 Å². The van der Waals surface area contributed by atoms with Crippen LogP contribution in [0.1, 0.15) is 83.1 Å². The molecule has 7 heterocycles. The number of ether oxygens (including phenoxy) is 12. The molecule has 25 atom stereocenters. The largest absolute Gasteiger partial charge is 0.463 e. The van der Waals surface area contributed by atoms with Gasteiger partial charge in [-0.25, -0.2) is 0 Å². The quantitative estimate of drug-likeness (QED) is 0.0203. The van der Waals surface area contributed by atoms with Crippen molar-refractivity contribution in [2.24, 2.45) is 72.9 Å². The average molecular weight is 1290 g/mol. The van der Waals surface area contributed by atoms with E-state index in [2.05, 4.69) is 64.0 Å². The molecule has 0 aromatic carbocycles. The lowest BCUT2D eigenvalue weighted by Gasteiger charge is -2.42. The van der Waals surface area contributed by atoms with Crippen LogP contribution in [0.3, 0.4) is 0 Å². The highest BCUT2D eigenvalue weighted by Gasteiger charge is 2.50. The number of nitrogens with zero attached hydrogens (tertiary/aromatic N) is 15. The van der Waals surface area contributed by atoms with Gasteiger partial charge in [0.2, 0.25) is 18.5 Å². The fourth-order valence-electron chi connectivity index (χ4n) is 9.79. The summed E-state index contributed by atoms with van der Waals surface area (Å²) < 4.78 is 60.7. The number of esters is 4. The van der Waals surface area contributed by atoms with Crippen LogP contribution in [-0.4, -0.2) is 186 Å². The van der Waals surface area contributed by atoms with Crippen molar-refractivity contribution >= 4 is 64.6 Å². The number of azide groups is 5. The van der Waals surface area contributed by atoms with Crippen molar-refractivity contribution in [2.45, 2.75) is 191 Å². The first kappa shape index (κ1) is 74.6. The lowest BCUT2D eigenvalue weighted by molar-refractivity contribution is -0.234. The summed E-state index contributed by atoms with van der Waals surface area (Å²) in [6.07, 6.45) is -8.06. The third kappa shape index (κ3) is 21.3. The van der Waals surface area contributed by atoms with Gasteiger partial charge in [-0.2, -0.15) is 0 Å². The number of fused-ring (bicyclic) bond motifs is 4. The first-order valence-electron chi connectivity index (χ1n) is 27.0. The Hall–Kier alpha value is -5.63. The number of carbonyl (C=O) groups is 4. The lowest BCUT2D eigenvalue weighted by atomic mass is 9.82. The van der Waals surface area contributed by atoms with Crippen molar-refractivity contribution in [3.8, 4) is 0 Å². The number of rotatable bonds is 13. The SMILES string of the molecule is CC(=O)OCC1OC(O)C(N=[N+]=[N-])[C@@H](C)[C@@H]1C.CC(=O)OCC1OC(OC(=N)C(Cl)(Cl)Cl)C(N=[N+]=[N-])[C@@H](C)[C@@H]1C.CC(=O)OCC1O[C@H](OC(C)=O)C(N=[N+]=[N-])[C@@H](C)[C@@H]1C.C[C@@H]1C2CO[C@H](O2)C(N=[N+]=[N-])[C@@H]1C.[N-]=[N+]=NC1[C@@H]2OCC(O2)[C@@H](O)[C@H]1O. The fraction of sp³-hybridized carbons (Fsp3) is 0.896. The van der Waals surface area contributed by atoms with E-state index in [4.69, 9.17) is 125 Å². The Morgan fingerprint density at radius 2 is 0.826 bits per heavy atom. The van der Waals surface area contributed by atoms with E-state index in [0.29, 0.717) is 18.4 Å². The molecule has 7 saturated heterocycles. The number of hydrogen-bond acceptors (Lipinski definition) is 25. The minimum atomic E-state index is -2.07. The normalized spacial score (nSPS) is 38.0. The first-order chi connectivity index (χ1) is 40.4. The Kier molecular flexibility index (Phi) is 30.7. The molecule has 0 aromatic rings. The van der Waals surface area contributed by atoms with E-state index >= 15 is 0 Å². The third-order valence-corrected chi connectivity index (χ3v) is 16.3. The van der Waals surface area contributed by atoms with Crippen molar-refractivity contribution < 1.29 is 91.3 Å². The summed E-state index contributed by atoms with van der Waals surface area (Å²) >= 11 is 16.8. The van der Waals surface area contributed by atoms with Gasteiger partial charge in [-0.1, -0.05) is 116 Å². The summed E-state index contributed by atoms with van der Waals surface area (Å²) in [4.78, 5) is 57.3. The number of hydrogen-bond donors (Lipinski definition) is 4. The molecule has 0 aliphatic carbocycles. The zero-order valence-electron chi connectivity index (χ0n) is 49.2. The van der Waals surface area contributed by atoms with Crippen LogP contribution in [0.25, 0.3) is 52.2 Å². The van der Waals surface area contributed by atoms with Crippen molar-refractivity contribution in [2.75, 3.05) is 33.0 Å². The number of nitrogens with one attached hydrogen (secondary N) is 1. The summed E-state index contributed by atoms with van der Waals surface area (Å²) in [5.41, 5.74) is 42.3. The van der Waals surface area contributed by atoms with E-state index in [1.807, 2.05) is 41.5 Å². The van der Waals surface area contributed by atoms with E-state index < -0.39 is 107 Å². The molecule has 12 unspecified atom stereocenters. The Morgan fingerprint density at radius 3 is 1.24 bits per heavy atom. The van der Waals surface area contributed by atoms with Crippen LogP contribution < -0.4 is 0 Å². The zero-order chi connectivity index (χ0) is 64.9. The van der Waals surface area contributed by atoms with Gasteiger partial charge in [0.1, 0.15) is 50.2 Å². The van der Waals surface area contributed by atoms with Crippen molar-refractivity contribution in [1.82, 2.24) is 0 Å². The second-order valence-electron chi connectivity index (χ2n) is 21.2. The van der Waals surface area contributed by atoms with Gasteiger partial charge in [-0.15, -0.1) is 0 Å². The van der Waals surface area contributed by atoms with Crippen molar-refractivity contribution in [3.05, 3.63) is 52.2 Å². The molecule has 86 heavy (non-hydrogen) atoms. The van der Waals surface area contributed by atoms with Crippen LogP contribution in [0.2, 0.25) is 0 Å². The molecule has 38 heteroatoms. The maximum Gasteiger partial charge on any atom is 0.304 e. The summed E-state index contributed by atoms with van der Waals surface area (Å²) in [6, 6.07) is -2.97. The molecular weight excluding hydrogens is 1210 g/mol. The van der Waals surface area contributed by atoms with Crippen LogP contribution in [0, 0.1) is 52.8 Å². The Labute approximate surface area is 509 Å². The second kappa shape index (κ2) is 35.4. The monoisotopic (exact) mass is 1280 g/mol. The van der Waals surface area contributed by atoms with E-state index in [1.165, 1.54) is 27.7 Å². The predicted octanol–water partition coefficient (Wildman–Crippen LogP) is 7.43. The van der Waals surface area contributed by atoms with Gasteiger partial charge in [0, 0.05) is 52.3 Å². The average Bonchev–Trinajstić information content (AvgIpc) is 4.29. The Bertz CT molecular complexity index is 2490. The molecule has 0 spiro atoms. The number of halogens is 3. The van der Waals surface area contributed by atoms with Crippen LogP contribution in [0.15, 0.2) is 25.6 Å². The maximum absolute atomic E-state index is 11.1. The number of alkyl halides is 3. The van der Waals surface area contributed by atoms with Crippen LogP contribution >= 0.6 is 34.8 Å². The maximum atomic E-state index is 11.1. The minimum absolute atomic E-state index is 0.00475. The molecule has 0 saturated carbocycles. The Balaban J connectivity index is 0.000000286. The molecule has 0 amide bonds. The summed E-state index contributed by atoms with van der Waals surface area (Å²) in [6.45, 7) is 21.7. The molecule has 7 aliphatic heterocycles. The predicted molar refractivity (Wildman–Crippen MR) is 298 cm³/mol. The van der Waals surface area contributed by atoms with E-state index in [-0.39, 0.29) is 92.4 Å². The highest BCUT2D eigenvalue weighted by Crippen LogP contribution is 2.40. The van der Waals surface area contributed by atoms with Crippen LogP contribution in [0.5, 0.6) is 0 Å². The highest BCUT2D eigenvalue weighted by molar-refractivity contribution is 6.76. The fourth-order valence-corrected chi connectivity index (χ4v) is 9.92. The molecule has 482 valence electrons. The topological polar surface area (TPSA) is 507 Å². The van der Waals surface area contributed by atoms with E-state index in [0.717, 1.165) is 0 Å². The molecule has 0 aromatic heterocycles. The second-order valence-corrected chi connectivity index (χ2v) is 23.5. The van der Waals surface area contributed by atoms with Gasteiger partial charge < -0.3 is 72.2 Å². The summed E-state index contributed by atoms with van der Waals surface area (Å²) in [5, 5.41) is 54.1. The smallest absolute Gasteiger partial charge is 0.304 e. The Morgan fingerprint density at radius 1 is 0.477 bits per heavy atom. The van der Waals surface area contributed by atoms with Crippen LogP contribution in [-0.2, 0) is 76.0 Å². The first-order valence-corrected chi connectivity index (χ1v) is 28.2. The van der Waals surface area contributed by atoms with Gasteiger partial charge in [-0.3, -0.25) is 24.6 Å². The number of aliphatic hydroxyl groups excluding tert-OH is 3. The van der Waals surface area contributed by atoms with Gasteiger partial charge in [-0.05, 0) is 75.0 Å². The highest BCUT2D eigenvalue weighted by atomic mass is 35.6. The summed E-state index contributed by atoms with van der Waals surface area (Å²) in [7, 11) is 0. The molecule has 4 N–H and O–H groups in total. The number of carbonyl (C=O) groups excluding carboxylic acids is 4. The number of aliphatic hydroxyl groups is 3. The molecule has 4 bridgehead atoms. The molecular formula is C48H75Cl3N16O19. The molecule has 7 aliphatic rings. The van der Waals surface area contributed by atoms with Crippen molar-refractivity contribution in [1.29, 1.82) is 5.41 Å². The molecule has 35 nitrogen and oxygen atoms in total. The minimum Gasteiger partial charge on any atom is -0.463 e. The van der Waals surface area contributed by atoms with Gasteiger partial charge in [0.05, 0.1) is 55.8 Å². The van der Waals surface area contributed by atoms with Crippen LogP contribution in [0.4, 0.5) is 0 Å². The summed E-state index contributed by atoms with van der Waals surface area (Å²) in [5.74, 6) is -2.08.